The lowest BCUT2D eigenvalue weighted by atomic mass is 9.91. The second kappa shape index (κ2) is 3.61. The van der Waals surface area contributed by atoms with Gasteiger partial charge in [0.25, 0.3) is 0 Å². The van der Waals surface area contributed by atoms with E-state index in [1.165, 1.54) is 13.2 Å². The summed E-state index contributed by atoms with van der Waals surface area (Å²) in [5, 5.41) is 6.37. The van der Waals surface area contributed by atoms with Crippen LogP contribution < -0.4 is 0 Å². The molecule has 1 N–H and O–H groups in total. The number of rotatable bonds is 3. The number of aldehydes is 1. The molecule has 0 amide bonds. The zero-order valence-electron chi connectivity index (χ0n) is 8.33. The van der Waals surface area contributed by atoms with Crippen LogP contribution in [-0.4, -0.2) is 29.6 Å². The number of hydrogen-bond acceptors (Lipinski definition) is 4. The van der Waals surface area contributed by atoms with Crippen LogP contribution in [0, 0.1) is 0 Å². The van der Waals surface area contributed by atoms with E-state index in [2.05, 4.69) is 14.9 Å². The van der Waals surface area contributed by atoms with E-state index in [4.69, 9.17) is 0 Å². The summed E-state index contributed by atoms with van der Waals surface area (Å²) in [6, 6.07) is 1.51. The molecule has 5 heteroatoms. The minimum atomic E-state index is -0.667. The molecule has 0 saturated carbocycles. The van der Waals surface area contributed by atoms with Crippen molar-refractivity contribution in [2.24, 2.45) is 0 Å². The summed E-state index contributed by atoms with van der Waals surface area (Å²) in [7, 11) is 1.28. The Labute approximate surface area is 81.5 Å². The molecule has 0 aliphatic carbocycles. The predicted molar refractivity (Wildman–Crippen MR) is 49.0 cm³/mol. The number of carbonyl (C=O) groups excluding carboxylic acids is 2. The number of esters is 1. The molecular weight excluding hydrogens is 184 g/mol. The molecule has 0 spiro atoms. The number of H-pyrrole nitrogens is 1. The van der Waals surface area contributed by atoms with E-state index in [9.17, 15) is 9.59 Å². The van der Waals surface area contributed by atoms with Crippen molar-refractivity contribution >= 4 is 12.3 Å². The molecule has 0 radical (unpaired) electrons. The second-order valence-electron chi connectivity index (χ2n) is 3.50. The number of carbonyl (C=O) groups is 2. The Morgan fingerprint density at radius 1 is 1.64 bits per heavy atom. The Kier molecular flexibility index (Phi) is 2.69. The van der Waals surface area contributed by atoms with Gasteiger partial charge in [-0.2, -0.15) is 5.10 Å². The van der Waals surface area contributed by atoms with Gasteiger partial charge in [-0.1, -0.05) is 0 Å². The third-order valence-corrected chi connectivity index (χ3v) is 1.96. The molecular formula is C9H12N2O3. The smallest absolute Gasteiger partial charge is 0.358 e. The van der Waals surface area contributed by atoms with Crippen molar-refractivity contribution in [2.45, 2.75) is 19.3 Å². The SMILES string of the molecule is COC(=O)c1cc(C(C)(C)C=O)[nH]n1. The number of methoxy groups -OCH3 is 1. The molecule has 5 nitrogen and oxygen atoms in total. The zero-order valence-corrected chi connectivity index (χ0v) is 8.33. The molecule has 0 saturated heterocycles. The summed E-state index contributed by atoms with van der Waals surface area (Å²) in [5.74, 6) is -0.519. The topological polar surface area (TPSA) is 72.1 Å². The fourth-order valence-electron chi connectivity index (χ4n) is 0.924. The first-order valence-corrected chi connectivity index (χ1v) is 4.12. The lowest BCUT2D eigenvalue weighted by Gasteiger charge is -2.12. The first-order chi connectivity index (χ1) is 6.51. The van der Waals surface area contributed by atoms with Gasteiger partial charge >= 0.3 is 5.97 Å². The van der Waals surface area contributed by atoms with Gasteiger partial charge in [-0.15, -0.1) is 0 Å². The second-order valence-corrected chi connectivity index (χ2v) is 3.50. The third-order valence-electron chi connectivity index (χ3n) is 1.96. The van der Waals surface area contributed by atoms with Crippen LogP contribution in [0.25, 0.3) is 0 Å². The molecule has 0 atom stereocenters. The number of hydrogen-bond donors (Lipinski definition) is 1. The van der Waals surface area contributed by atoms with E-state index in [1.54, 1.807) is 13.8 Å². The van der Waals surface area contributed by atoms with Crippen LogP contribution in [0.15, 0.2) is 6.07 Å². The molecule has 1 aromatic rings. The highest BCUT2D eigenvalue weighted by molar-refractivity contribution is 5.87. The maximum Gasteiger partial charge on any atom is 0.358 e. The lowest BCUT2D eigenvalue weighted by Crippen LogP contribution is -2.19. The summed E-state index contributed by atoms with van der Waals surface area (Å²) in [5.41, 5.74) is 0.101. The molecule has 0 unspecified atom stereocenters. The number of aromatic amines is 1. The van der Waals surface area contributed by atoms with Crippen molar-refractivity contribution in [1.29, 1.82) is 0 Å². The number of nitrogens with zero attached hydrogens (tertiary/aromatic N) is 1. The molecule has 76 valence electrons. The number of nitrogens with one attached hydrogen (secondary N) is 1. The summed E-state index contributed by atoms with van der Waals surface area (Å²) in [4.78, 5) is 21.8. The largest absolute Gasteiger partial charge is 0.464 e. The van der Waals surface area contributed by atoms with E-state index in [0.29, 0.717) is 5.69 Å². The van der Waals surface area contributed by atoms with Crippen LogP contribution in [0.4, 0.5) is 0 Å². The average molecular weight is 196 g/mol. The zero-order chi connectivity index (χ0) is 10.8. The van der Waals surface area contributed by atoms with E-state index in [-0.39, 0.29) is 5.69 Å². The fourth-order valence-corrected chi connectivity index (χ4v) is 0.924. The third kappa shape index (κ3) is 1.81. The van der Waals surface area contributed by atoms with Gasteiger partial charge in [0.1, 0.15) is 6.29 Å². The molecule has 0 aromatic carbocycles. The van der Waals surface area contributed by atoms with E-state index >= 15 is 0 Å². The minimum absolute atomic E-state index is 0.178. The molecule has 0 aliphatic heterocycles. The Morgan fingerprint density at radius 3 is 2.79 bits per heavy atom. The van der Waals surface area contributed by atoms with Gasteiger partial charge in [-0.3, -0.25) is 5.10 Å². The molecule has 0 bridgehead atoms. The van der Waals surface area contributed by atoms with Crippen LogP contribution in [0.3, 0.4) is 0 Å². The molecule has 1 heterocycles. The van der Waals surface area contributed by atoms with Crippen molar-refractivity contribution in [3.63, 3.8) is 0 Å². The van der Waals surface area contributed by atoms with Crippen LogP contribution in [0.1, 0.15) is 30.0 Å². The summed E-state index contributed by atoms with van der Waals surface area (Å²) in [6.07, 6.45) is 0.793. The molecule has 1 aromatic heterocycles. The highest BCUT2D eigenvalue weighted by Crippen LogP contribution is 2.18. The van der Waals surface area contributed by atoms with Crippen molar-refractivity contribution in [3.8, 4) is 0 Å². The van der Waals surface area contributed by atoms with E-state index in [1.807, 2.05) is 0 Å². The quantitative estimate of drug-likeness (QED) is 0.569. The van der Waals surface area contributed by atoms with E-state index in [0.717, 1.165) is 6.29 Å². The fraction of sp³-hybridized carbons (Fsp3) is 0.444. The highest BCUT2D eigenvalue weighted by atomic mass is 16.5. The normalized spacial score (nSPS) is 11.1. The predicted octanol–water partition coefficient (Wildman–Crippen LogP) is 0.673. The van der Waals surface area contributed by atoms with Crippen LogP contribution in [0.2, 0.25) is 0 Å². The Balaban J connectivity index is 2.99. The van der Waals surface area contributed by atoms with E-state index < -0.39 is 11.4 Å². The maximum absolute atomic E-state index is 11.0. The Bertz CT molecular complexity index is 355. The lowest BCUT2D eigenvalue weighted by molar-refractivity contribution is -0.111. The average Bonchev–Trinajstić information content (AvgIpc) is 2.66. The first-order valence-electron chi connectivity index (χ1n) is 4.12. The van der Waals surface area contributed by atoms with Gasteiger partial charge in [0.05, 0.1) is 12.5 Å². The Hall–Kier alpha value is -1.65. The summed E-state index contributed by atoms with van der Waals surface area (Å²) >= 11 is 0. The van der Waals surface area contributed by atoms with Crippen molar-refractivity contribution in [1.82, 2.24) is 10.2 Å². The van der Waals surface area contributed by atoms with Crippen molar-refractivity contribution < 1.29 is 14.3 Å². The number of aromatic nitrogens is 2. The first kappa shape index (κ1) is 10.4. The van der Waals surface area contributed by atoms with Crippen LogP contribution in [0.5, 0.6) is 0 Å². The molecule has 1 rings (SSSR count). The number of ether oxygens (including phenoxy) is 1. The molecule has 0 aliphatic rings. The minimum Gasteiger partial charge on any atom is -0.464 e. The highest BCUT2D eigenvalue weighted by Gasteiger charge is 2.23. The van der Waals surface area contributed by atoms with Gasteiger partial charge < -0.3 is 9.53 Å². The van der Waals surface area contributed by atoms with Crippen LogP contribution in [-0.2, 0) is 14.9 Å². The van der Waals surface area contributed by atoms with Gasteiger partial charge in [-0.05, 0) is 19.9 Å². The summed E-state index contributed by atoms with van der Waals surface area (Å²) < 4.78 is 4.49. The molecule has 14 heavy (non-hydrogen) atoms. The van der Waals surface area contributed by atoms with Gasteiger partial charge in [0.2, 0.25) is 0 Å². The standard InChI is InChI=1S/C9H12N2O3/c1-9(2,5-12)7-4-6(10-11-7)8(13)14-3/h4-5H,1-3H3,(H,10,11). The summed E-state index contributed by atoms with van der Waals surface area (Å²) in [6.45, 7) is 3.46. The van der Waals surface area contributed by atoms with Gasteiger partial charge in [0.15, 0.2) is 5.69 Å². The molecule has 0 fully saturated rings. The van der Waals surface area contributed by atoms with Crippen LogP contribution >= 0.6 is 0 Å². The van der Waals surface area contributed by atoms with Gasteiger partial charge in [-0.25, -0.2) is 4.79 Å². The Morgan fingerprint density at radius 2 is 2.29 bits per heavy atom. The van der Waals surface area contributed by atoms with Crippen molar-refractivity contribution in [3.05, 3.63) is 17.5 Å². The van der Waals surface area contributed by atoms with Gasteiger partial charge in [0, 0.05) is 5.69 Å². The maximum atomic E-state index is 11.0. The van der Waals surface area contributed by atoms with Crippen molar-refractivity contribution in [2.75, 3.05) is 7.11 Å². The monoisotopic (exact) mass is 196 g/mol.